The van der Waals surface area contributed by atoms with Gasteiger partial charge in [0.1, 0.15) is 5.00 Å². The van der Waals surface area contributed by atoms with Crippen molar-refractivity contribution < 1.29 is 19.1 Å². The van der Waals surface area contributed by atoms with Crippen molar-refractivity contribution in [2.75, 3.05) is 26.0 Å². The molecule has 0 radical (unpaired) electrons. The summed E-state index contributed by atoms with van der Waals surface area (Å²) in [6.45, 7) is 5.64. The number of ether oxygens (including phenoxy) is 1. The van der Waals surface area contributed by atoms with Crippen LogP contribution in [0.25, 0.3) is 0 Å². The summed E-state index contributed by atoms with van der Waals surface area (Å²) in [5, 5.41) is 3.15. The van der Waals surface area contributed by atoms with Crippen LogP contribution in [0.3, 0.4) is 0 Å². The van der Waals surface area contributed by atoms with Crippen molar-refractivity contribution in [3.05, 3.63) is 51.4 Å². The standard InChI is InChI=1S/C21H26N2O4S/c1-6-27-21(26)17-14(3)18(20(25)23(4)5)28-19(17)22-16(24)12-11-15-9-7-13(2)8-10-15/h7-10H,6,11-12H2,1-5H3,(H,22,24). The van der Waals surface area contributed by atoms with Crippen LogP contribution in [0, 0.1) is 13.8 Å². The quantitative estimate of drug-likeness (QED) is 0.715. The van der Waals surface area contributed by atoms with Crippen molar-refractivity contribution >= 4 is 34.1 Å². The molecule has 0 aliphatic heterocycles. The van der Waals surface area contributed by atoms with Crippen LogP contribution in [-0.2, 0) is 16.0 Å². The van der Waals surface area contributed by atoms with E-state index in [4.69, 9.17) is 4.74 Å². The molecule has 6 nitrogen and oxygen atoms in total. The fourth-order valence-corrected chi connectivity index (χ4v) is 3.89. The van der Waals surface area contributed by atoms with Gasteiger partial charge in [-0.2, -0.15) is 0 Å². The van der Waals surface area contributed by atoms with Crippen LogP contribution in [0.4, 0.5) is 5.00 Å². The van der Waals surface area contributed by atoms with Crippen molar-refractivity contribution in [1.29, 1.82) is 0 Å². The van der Waals surface area contributed by atoms with Gasteiger partial charge in [0.25, 0.3) is 5.91 Å². The minimum atomic E-state index is -0.539. The van der Waals surface area contributed by atoms with Gasteiger partial charge in [-0.05, 0) is 38.3 Å². The summed E-state index contributed by atoms with van der Waals surface area (Å²) in [6.07, 6.45) is 0.869. The molecule has 0 saturated heterocycles. The Morgan fingerprint density at radius 2 is 1.75 bits per heavy atom. The van der Waals surface area contributed by atoms with Crippen molar-refractivity contribution in [2.24, 2.45) is 0 Å². The van der Waals surface area contributed by atoms with Crippen LogP contribution in [0.2, 0.25) is 0 Å². The lowest BCUT2D eigenvalue weighted by atomic mass is 10.1. The molecule has 2 aromatic rings. The van der Waals surface area contributed by atoms with Gasteiger partial charge in [-0.15, -0.1) is 11.3 Å². The number of aryl methyl sites for hydroxylation is 2. The highest BCUT2D eigenvalue weighted by Gasteiger charge is 2.27. The van der Waals surface area contributed by atoms with E-state index in [1.165, 1.54) is 10.5 Å². The topological polar surface area (TPSA) is 75.7 Å². The Morgan fingerprint density at radius 3 is 2.32 bits per heavy atom. The fourth-order valence-electron chi connectivity index (χ4n) is 2.66. The summed E-state index contributed by atoms with van der Waals surface area (Å²) < 4.78 is 5.12. The van der Waals surface area contributed by atoms with Crippen molar-refractivity contribution in [3.8, 4) is 0 Å². The average molecular weight is 403 g/mol. The van der Waals surface area contributed by atoms with Crippen LogP contribution in [0.5, 0.6) is 0 Å². The Hall–Kier alpha value is -2.67. The van der Waals surface area contributed by atoms with E-state index in [0.29, 0.717) is 21.9 Å². The maximum Gasteiger partial charge on any atom is 0.341 e. The molecular weight excluding hydrogens is 376 g/mol. The lowest BCUT2D eigenvalue weighted by Crippen LogP contribution is -2.21. The van der Waals surface area contributed by atoms with Crippen LogP contribution < -0.4 is 5.32 Å². The molecule has 2 amide bonds. The molecule has 150 valence electrons. The third-order valence-electron chi connectivity index (χ3n) is 4.24. The molecule has 0 spiro atoms. The minimum absolute atomic E-state index is 0.212. The highest BCUT2D eigenvalue weighted by molar-refractivity contribution is 7.18. The summed E-state index contributed by atoms with van der Waals surface area (Å²) in [5.41, 5.74) is 3.01. The van der Waals surface area contributed by atoms with Gasteiger partial charge in [-0.25, -0.2) is 4.79 Å². The molecule has 0 unspecified atom stereocenters. The Labute approximate surface area is 169 Å². The van der Waals surface area contributed by atoms with E-state index in [1.807, 2.05) is 31.2 Å². The van der Waals surface area contributed by atoms with E-state index in [0.717, 1.165) is 16.9 Å². The average Bonchev–Trinajstić information content (AvgIpc) is 2.96. The van der Waals surface area contributed by atoms with E-state index in [2.05, 4.69) is 5.32 Å². The second-order valence-electron chi connectivity index (χ2n) is 6.71. The van der Waals surface area contributed by atoms with Crippen LogP contribution in [0.1, 0.15) is 50.1 Å². The molecule has 1 aromatic heterocycles. The molecule has 1 N–H and O–H groups in total. The summed E-state index contributed by atoms with van der Waals surface area (Å²) in [5.74, 6) is -0.965. The number of benzene rings is 1. The molecule has 1 heterocycles. The first-order valence-corrected chi connectivity index (χ1v) is 9.93. The molecule has 0 fully saturated rings. The highest BCUT2D eigenvalue weighted by Crippen LogP contribution is 2.34. The minimum Gasteiger partial charge on any atom is -0.462 e. The number of nitrogens with zero attached hydrogens (tertiary/aromatic N) is 1. The predicted octanol–water partition coefficient (Wildman–Crippen LogP) is 3.81. The first-order chi connectivity index (χ1) is 13.2. The van der Waals surface area contributed by atoms with E-state index in [-0.39, 0.29) is 30.4 Å². The number of anilines is 1. The zero-order chi connectivity index (χ0) is 20.8. The van der Waals surface area contributed by atoms with Gasteiger partial charge in [0.05, 0.1) is 17.0 Å². The summed E-state index contributed by atoms with van der Waals surface area (Å²) >= 11 is 1.10. The van der Waals surface area contributed by atoms with Crippen LogP contribution in [0.15, 0.2) is 24.3 Å². The monoisotopic (exact) mass is 402 g/mol. The maximum atomic E-state index is 12.5. The van der Waals surface area contributed by atoms with Gasteiger partial charge in [0, 0.05) is 20.5 Å². The SMILES string of the molecule is CCOC(=O)c1c(NC(=O)CCc2ccc(C)cc2)sc(C(=O)N(C)C)c1C. The molecule has 0 saturated carbocycles. The van der Waals surface area contributed by atoms with E-state index >= 15 is 0 Å². The number of rotatable bonds is 7. The fraction of sp³-hybridized carbons (Fsp3) is 0.381. The number of amides is 2. The van der Waals surface area contributed by atoms with Crippen molar-refractivity contribution in [2.45, 2.75) is 33.6 Å². The summed E-state index contributed by atoms with van der Waals surface area (Å²) in [6, 6.07) is 8.01. The molecule has 0 bridgehead atoms. The summed E-state index contributed by atoms with van der Waals surface area (Å²) in [4.78, 5) is 39.1. The lowest BCUT2D eigenvalue weighted by Gasteiger charge is -2.09. The van der Waals surface area contributed by atoms with Crippen LogP contribution in [-0.4, -0.2) is 43.4 Å². The Kier molecular flexibility index (Phi) is 7.34. The predicted molar refractivity (Wildman–Crippen MR) is 111 cm³/mol. The largest absolute Gasteiger partial charge is 0.462 e. The van der Waals surface area contributed by atoms with Gasteiger partial charge in [-0.3, -0.25) is 9.59 Å². The van der Waals surface area contributed by atoms with Gasteiger partial charge in [-0.1, -0.05) is 29.8 Å². The molecule has 2 rings (SSSR count). The smallest absolute Gasteiger partial charge is 0.341 e. The third kappa shape index (κ3) is 5.19. The zero-order valence-corrected chi connectivity index (χ0v) is 17.7. The van der Waals surface area contributed by atoms with E-state index in [9.17, 15) is 14.4 Å². The number of esters is 1. The Morgan fingerprint density at radius 1 is 1.11 bits per heavy atom. The normalized spacial score (nSPS) is 10.5. The first kappa shape index (κ1) is 21.6. The number of nitrogens with one attached hydrogen (secondary N) is 1. The Balaban J connectivity index is 2.21. The van der Waals surface area contributed by atoms with Gasteiger partial charge in [0.15, 0.2) is 0 Å². The maximum absolute atomic E-state index is 12.5. The van der Waals surface area contributed by atoms with Gasteiger partial charge in [0.2, 0.25) is 5.91 Å². The first-order valence-electron chi connectivity index (χ1n) is 9.12. The zero-order valence-electron chi connectivity index (χ0n) is 16.9. The number of hydrogen-bond acceptors (Lipinski definition) is 5. The third-order valence-corrected chi connectivity index (χ3v) is 5.44. The second kappa shape index (κ2) is 9.50. The molecule has 0 aliphatic rings. The summed E-state index contributed by atoms with van der Waals surface area (Å²) in [7, 11) is 3.29. The molecule has 7 heteroatoms. The number of carbonyl (C=O) groups is 3. The molecule has 0 atom stereocenters. The van der Waals surface area contributed by atoms with Crippen molar-refractivity contribution in [3.63, 3.8) is 0 Å². The van der Waals surface area contributed by atoms with Crippen LogP contribution >= 0.6 is 11.3 Å². The second-order valence-corrected chi connectivity index (χ2v) is 7.73. The number of thiophene rings is 1. The molecular formula is C21H26N2O4S. The number of carbonyl (C=O) groups excluding carboxylic acids is 3. The van der Waals surface area contributed by atoms with Gasteiger partial charge < -0.3 is 15.0 Å². The molecule has 0 aliphatic carbocycles. The lowest BCUT2D eigenvalue weighted by molar-refractivity contribution is -0.116. The van der Waals surface area contributed by atoms with E-state index in [1.54, 1.807) is 27.9 Å². The van der Waals surface area contributed by atoms with Crippen molar-refractivity contribution in [1.82, 2.24) is 4.90 Å². The van der Waals surface area contributed by atoms with Gasteiger partial charge >= 0.3 is 5.97 Å². The molecule has 1 aromatic carbocycles. The molecule has 28 heavy (non-hydrogen) atoms. The highest BCUT2D eigenvalue weighted by atomic mass is 32.1. The number of hydrogen-bond donors (Lipinski definition) is 1. The Bertz CT molecular complexity index is 869. The van der Waals surface area contributed by atoms with E-state index < -0.39 is 5.97 Å².